The molecular weight excluding hydrogens is 404 g/mol. The molecule has 1 N–H and O–H groups in total. The van der Waals surface area contributed by atoms with Gasteiger partial charge in [-0.2, -0.15) is 10.1 Å². The second-order valence-corrected chi connectivity index (χ2v) is 6.57. The summed E-state index contributed by atoms with van der Waals surface area (Å²) in [5, 5.41) is 4.05. The van der Waals surface area contributed by atoms with Gasteiger partial charge in [-0.3, -0.25) is 14.6 Å². The molecule has 3 aromatic heterocycles. The second-order valence-electron chi connectivity index (χ2n) is 6.57. The van der Waals surface area contributed by atoms with Gasteiger partial charge in [0.1, 0.15) is 5.75 Å². The molecule has 0 aliphatic carbocycles. The molecule has 0 radical (unpaired) electrons. The summed E-state index contributed by atoms with van der Waals surface area (Å²) in [5.41, 5.74) is 1.26. The van der Waals surface area contributed by atoms with Gasteiger partial charge in [-0.25, -0.2) is 14.5 Å². The Hall–Kier alpha value is -4.28. The Kier molecular flexibility index (Phi) is 5.31. The molecule has 0 aliphatic heterocycles. The van der Waals surface area contributed by atoms with Crippen LogP contribution >= 0.6 is 0 Å². The van der Waals surface area contributed by atoms with Gasteiger partial charge in [0.05, 0.1) is 24.7 Å². The lowest BCUT2D eigenvalue weighted by Crippen LogP contribution is -2.16. The van der Waals surface area contributed by atoms with E-state index < -0.39 is 17.5 Å². The van der Waals surface area contributed by atoms with E-state index in [2.05, 4.69) is 20.1 Å². The number of aromatic amines is 1. The van der Waals surface area contributed by atoms with E-state index in [9.17, 15) is 14.4 Å². The van der Waals surface area contributed by atoms with E-state index in [-0.39, 0.29) is 23.8 Å². The zero-order valence-corrected chi connectivity index (χ0v) is 16.7. The Bertz CT molecular complexity index is 1320. The molecule has 11 nitrogen and oxygen atoms in total. The third kappa shape index (κ3) is 4.20. The molecule has 0 bridgehead atoms. The van der Waals surface area contributed by atoms with E-state index in [1.165, 1.54) is 30.3 Å². The van der Waals surface area contributed by atoms with Crippen LogP contribution < -0.4 is 10.3 Å². The maximum atomic E-state index is 12.7. The number of esters is 2. The smallest absolute Gasteiger partial charge is 0.341 e. The fourth-order valence-corrected chi connectivity index (χ4v) is 2.99. The van der Waals surface area contributed by atoms with Gasteiger partial charge < -0.3 is 14.0 Å². The van der Waals surface area contributed by atoms with Gasteiger partial charge in [0.2, 0.25) is 5.95 Å². The van der Waals surface area contributed by atoms with Crippen molar-refractivity contribution < 1.29 is 19.1 Å². The molecule has 1 aromatic carbocycles. The average Bonchev–Trinajstić information content (AvgIpc) is 3.37. The summed E-state index contributed by atoms with van der Waals surface area (Å²) in [5.74, 6) is -0.337. The topological polar surface area (TPSA) is 134 Å². The molecule has 0 spiro atoms. The minimum absolute atomic E-state index is 0.129. The van der Waals surface area contributed by atoms with Crippen molar-refractivity contribution >= 4 is 23.1 Å². The Morgan fingerprint density at radius 2 is 1.97 bits per heavy atom. The standard InChI is InChI=1S/C20H18N6O5/c1-3-30-19(29)14-8-22-26(10-14)20-23-17-16(18(28)24-20)25(11-21-17)9-13-4-6-15(7-5-13)31-12(2)27/h4-8,10-11H,3,9H2,1-2H3,(H,23,24,28). The number of fused-ring (bicyclic) bond motifs is 1. The van der Waals surface area contributed by atoms with Crippen molar-refractivity contribution in [2.45, 2.75) is 20.4 Å². The summed E-state index contributed by atoms with van der Waals surface area (Å²) in [4.78, 5) is 46.8. The van der Waals surface area contributed by atoms with Crippen LogP contribution in [0.15, 0.2) is 47.8 Å². The highest BCUT2D eigenvalue weighted by atomic mass is 16.5. The minimum atomic E-state index is -0.513. The monoisotopic (exact) mass is 422 g/mol. The van der Waals surface area contributed by atoms with Gasteiger partial charge in [-0.1, -0.05) is 12.1 Å². The maximum absolute atomic E-state index is 12.7. The quantitative estimate of drug-likeness (QED) is 0.365. The molecule has 4 rings (SSSR count). The summed E-state index contributed by atoms with van der Waals surface area (Å²) in [7, 11) is 0. The molecule has 11 heteroatoms. The van der Waals surface area contributed by atoms with Gasteiger partial charge in [-0.15, -0.1) is 0 Å². The first kappa shape index (κ1) is 20.0. The summed E-state index contributed by atoms with van der Waals surface area (Å²) in [6.45, 7) is 3.66. The van der Waals surface area contributed by atoms with E-state index in [4.69, 9.17) is 9.47 Å². The molecule has 0 aliphatic rings. The summed E-state index contributed by atoms with van der Waals surface area (Å²) in [6.07, 6.45) is 4.27. The van der Waals surface area contributed by atoms with Crippen LogP contribution in [0.4, 0.5) is 0 Å². The van der Waals surface area contributed by atoms with Crippen molar-refractivity contribution in [2.24, 2.45) is 0 Å². The largest absolute Gasteiger partial charge is 0.462 e. The summed E-state index contributed by atoms with van der Waals surface area (Å²) in [6, 6.07) is 6.94. The highest BCUT2D eigenvalue weighted by molar-refractivity contribution is 5.88. The normalized spacial score (nSPS) is 10.9. The molecule has 0 atom stereocenters. The predicted molar refractivity (Wildman–Crippen MR) is 108 cm³/mol. The number of carbonyl (C=O) groups excluding carboxylic acids is 2. The number of nitrogens with zero attached hydrogens (tertiary/aromatic N) is 5. The first-order chi connectivity index (χ1) is 14.9. The maximum Gasteiger partial charge on any atom is 0.341 e. The third-order valence-electron chi connectivity index (χ3n) is 4.32. The predicted octanol–water partition coefficient (Wildman–Crippen LogP) is 1.46. The molecular formula is C20H18N6O5. The number of ether oxygens (including phenoxy) is 2. The molecule has 0 saturated carbocycles. The van der Waals surface area contributed by atoms with Gasteiger partial charge in [0.15, 0.2) is 11.2 Å². The number of rotatable bonds is 6. The Morgan fingerprint density at radius 1 is 1.19 bits per heavy atom. The van der Waals surface area contributed by atoms with Gasteiger partial charge in [-0.05, 0) is 24.6 Å². The summed E-state index contributed by atoms with van der Waals surface area (Å²) < 4.78 is 12.9. The van der Waals surface area contributed by atoms with Crippen LogP contribution in [-0.2, 0) is 16.1 Å². The lowest BCUT2D eigenvalue weighted by molar-refractivity contribution is -0.131. The number of imidazole rings is 1. The highest BCUT2D eigenvalue weighted by Gasteiger charge is 2.15. The van der Waals surface area contributed by atoms with Crippen LogP contribution in [0, 0.1) is 0 Å². The van der Waals surface area contributed by atoms with Crippen molar-refractivity contribution in [3.8, 4) is 11.7 Å². The fraction of sp³-hybridized carbons (Fsp3) is 0.200. The Morgan fingerprint density at radius 3 is 2.68 bits per heavy atom. The Balaban J connectivity index is 1.60. The first-order valence-corrected chi connectivity index (χ1v) is 9.39. The van der Waals surface area contributed by atoms with Gasteiger partial charge in [0, 0.05) is 19.7 Å². The number of carbonyl (C=O) groups is 2. The molecule has 0 unspecified atom stereocenters. The number of benzene rings is 1. The van der Waals surface area contributed by atoms with Crippen LogP contribution in [0.3, 0.4) is 0 Å². The highest BCUT2D eigenvalue weighted by Crippen LogP contribution is 2.15. The van der Waals surface area contributed by atoms with Crippen LogP contribution in [0.25, 0.3) is 17.1 Å². The number of hydrogen-bond donors (Lipinski definition) is 1. The van der Waals surface area contributed by atoms with Crippen LogP contribution in [0.2, 0.25) is 0 Å². The molecule has 31 heavy (non-hydrogen) atoms. The van der Waals surface area contributed by atoms with Crippen LogP contribution in [0.5, 0.6) is 5.75 Å². The lowest BCUT2D eigenvalue weighted by Gasteiger charge is -2.06. The second kappa shape index (κ2) is 8.22. The van der Waals surface area contributed by atoms with Crippen molar-refractivity contribution in [3.05, 3.63) is 64.5 Å². The number of aromatic nitrogens is 6. The zero-order chi connectivity index (χ0) is 22.0. The van der Waals surface area contributed by atoms with Crippen LogP contribution in [0.1, 0.15) is 29.8 Å². The van der Waals surface area contributed by atoms with E-state index in [0.29, 0.717) is 17.8 Å². The van der Waals surface area contributed by atoms with Crippen molar-refractivity contribution in [3.63, 3.8) is 0 Å². The minimum Gasteiger partial charge on any atom is -0.462 e. The zero-order valence-electron chi connectivity index (χ0n) is 16.7. The number of nitrogens with one attached hydrogen (secondary N) is 1. The van der Waals surface area contributed by atoms with E-state index in [0.717, 1.165) is 5.56 Å². The number of H-pyrrole nitrogens is 1. The Labute approximate surface area is 175 Å². The molecule has 158 valence electrons. The van der Waals surface area contributed by atoms with Crippen molar-refractivity contribution in [1.82, 2.24) is 29.3 Å². The lowest BCUT2D eigenvalue weighted by atomic mass is 10.2. The molecule has 3 heterocycles. The molecule has 0 saturated heterocycles. The molecule has 0 amide bonds. The number of hydrogen-bond acceptors (Lipinski definition) is 8. The van der Waals surface area contributed by atoms with Gasteiger partial charge in [0.25, 0.3) is 5.56 Å². The van der Waals surface area contributed by atoms with Crippen molar-refractivity contribution in [2.75, 3.05) is 6.61 Å². The van der Waals surface area contributed by atoms with E-state index in [1.54, 1.807) is 35.8 Å². The third-order valence-corrected chi connectivity index (χ3v) is 4.32. The average molecular weight is 422 g/mol. The molecule has 0 fully saturated rings. The van der Waals surface area contributed by atoms with E-state index in [1.807, 2.05) is 0 Å². The van der Waals surface area contributed by atoms with E-state index >= 15 is 0 Å². The first-order valence-electron chi connectivity index (χ1n) is 9.39. The molecule has 4 aromatic rings. The van der Waals surface area contributed by atoms with Crippen LogP contribution in [-0.4, -0.2) is 47.8 Å². The van der Waals surface area contributed by atoms with Gasteiger partial charge >= 0.3 is 11.9 Å². The SMILES string of the molecule is CCOC(=O)c1cnn(-c2nc3ncn(Cc4ccc(OC(C)=O)cc4)c3c(=O)[nH]2)c1. The summed E-state index contributed by atoms with van der Waals surface area (Å²) >= 11 is 0. The van der Waals surface area contributed by atoms with Crippen molar-refractivity contribution in [1.29, 1.82) is 0 Å². The fourth-order valence-electron chi connectivity index (χ4n) is 2.99.